The van der Waals surface area contributed by atoms with Crippen molar-refractivity contribution >= 4 is 0 Å². The molecule has 0 bridgehead atoms. The summed E-state index contributed by atoms with van der Waals surface area (Å²) in [5, 5.41) is 3.39. The summed E-state index contributed by atoms with van der Waals surface area (Å²) in [6, 6.07) is 7.69. The highest BCUT2D eigenvalue weighted by Crippen LogP contribution is 2.21. The SMILES string of the molecule is COCCNCC(C)(C)CCOc1ccc(OC)cc1. The van der Waals surface area contributed by atoms with Gasteiger partial charge in [-0.15, -0.1) is 0 Å². The molecule has 0 saturated heterocycles. The fourth-order valence-electron chi connectivity index (χ4n) is 1.81. The van der Waals surface area contributed by atoms with Gasteiger partial charge in [-0.3, -0.25) is 0 Å². The Labute approximate surface area is 122 Å². The number of nitrogens with one attached hydrogen (secondary N) is 1. The molecule has 0 spiro atoms. The Bertz CT molecular complexity index is 362. The van der Waals surface area contributed by atoms with Crippen LogP contribution >= 0.6 is 0 Å². The molecule has 1 aromatic carbocycles. The van der Waals surface area contributed by atoms with Crippen molar-refractivity contribution < 1.29 is 14.2 Å². The van der Waals surface area contributed by atoms with Gasteiger partial charge < -0.3 is 19.5 Å². The Balaban J connectivity index is 2.23. The molecule has 0 heterocycles. The second kappa shape index (κ2) is 8.82. The van der Waals surface area contributed by atoms with Gasteiger partial charge in [0.2, 0.25) is 0 Å². The topological polar surface area (TPSA) is 39.7 Å². The van der Waals surface area contributed by atoms with Crippen LogP contribution in [0, 0.1) is 5.41 Å². The summed E-state index contributed by atoms with van der Waals surface area (Å²) in [5.74, 6) is 1.73. The van der Waals surface area contributed by atoms with Gasteiger partial charge in [-0.2, -0.15) is 0 Å². The predicted molar refractivity (Wildman–Crippen MR) is 81.6 cm³/mol. The minimum absolute atomic E-state index is 0.209. The lowest BCUT2D eigenvalue weighted by Gasteiger charge is -2.25. The lowest BCUT2D eigenvalue weighted by Crippen LogP contribution is -2.32. The Morgan fingerprint density at radius 3 is 2.25 bits per heavy atom. The van der Waals surface area contributed by atoms with Crippen LogP contribution in [0.5, 0.6) is 11.5 Å². The van der Waals surface area contributed by atoms with Crippen molar-refractivity contribution in [1.29, 1.82) is 0 Å². The van der Waals surface area contributed by atoms with E-state index in [1.807, 2.05) is 24.3 Å². The van der Waals surface area contributed by atoms with Crippen molar-refractivity contribution in [3.8, 4) is 11.5 Å². The van der Waals surface area contributed by atoms with Crippen molar-refractivity contribution in [3.63, 3.8) is 0 Å². The monoisotopic (exact) mass is 281 g/mol. The summed E-state index contributed by atoms with van der Waals surface area (Å²) in [4.78, 5) is 0. The van der Waals surface area contributed by atoms with Crippen molar-refractivity contribution in [2.45, 2.75) is 20.3 Å². The molecule has 114 valence electrons. The third-order valence-corrected chi connectivity index (χ3v) is 3.19. The van der Waals surface area contributed by atoms with Crippen LogP contribution in [0.2, 0.25) is 0 Å². The first-order valence-electron chi connectivity index (χ1n) is 7.04. The third-order valence-electron chi connectivity index (χ3n) is 3.19. The summed E-state index contributed by atoms with van der Waals surface area (Å²) >= 11 is 0. The molecule has 0 radical (unpaired) electrons. The first-order chi connectivity index (χ1) is 9.57. The minimum atomic E-state index is 0.209. The van der Waals surface area contributed by atoms with Gasteiger partial charge in [0.25, 0.3) is 0 Å². The molecule has 0 fully saturated rings. The molecule has 0 aliphatic heterocycles. The summed E-state index contributed by atoms with van der Waals surface area (Å²) in [6.07, 6.45) is 0.999. The molecule has 1 rings (SSSR count). The Hall–Kier alpha value is -1.26. The van der Waals surface area contributed by atoms with Gasteiger partial charge in [0, 0.05) is 20.2 Å². The Morgan fingerprint density at radius 2 is 1.65 bits per heavy atom. The standard InChI is InChI=1S/C16H27NO3/c1-16(2,13-17-10-12-18-3)9-11-20-15-7-5-14(19-4)6-8-15/h5-8,17H,9-13H2,1-4H3. The second-order valence-electron chi connectivity index (χ2n) is 5.61. The Morgan fingerprint density at radius 1 is 1.00 bits per heavy atom. The van der Waals surface area contributed by atoms with Crippen LogP contribution in [0.4, 0.5) is 0 Å². The molecule has 4 nitrogen and oxygen atoms in total. The lowest BCUT2D eigenvalue weighted by molar-refractivity contribution is 0.186. The number of hydrogen-bond donors (Lipinski definition) is 1. The van der Waals surface area contributed by atoms with Crippen LogP contribution in [0.15, 0.2) is 24.3 Å². The van der Waals surface area contributed by atoms with Crippen molar-refractivity contribution in [2.24, 2.45) is 5.41 Å². The molecular weight excluding hydrogens is 254 g/mol. The number of hydrogen-bond acceptors (Lipinski definition) is 4. The number of benzene rings is 1. The van der Waals surface area contributed by atoms with Crippen molar-refractivity contribution in [3.05, 3.63) is 24.3 Å². The zero-order valence-electron chi connectivity index (χ0n) is 13.1. The van der Waals surface area contributed by atoms with E-state index in [2.05, 4.69) is 19.2 Å². The molecule has 0 saturated carbocycles. The van der Waals surface area contributed by atoms with Gasteiger partial charge >= 0.3 is 0 Å². The summed E-state index contributed by atoms with van der Waals surface area (Å²) < 4.78 is 15.9. The smallest absolute Gasteiger partial charge is 0.119 e. The van der Waals surface area contributed by atoms with E-state index in [9.17, 15) is 0 Å². The summed E-state index contributed by atoms with van der Waals surface area (Å²) in [6.45, 7) is 7.79. The molecule has 1 aromatic rings. The highest BCUT2D eigenvalue weighted by atomic mass is 16.5. The van der Waals surface area contributed by atoms with E-state index in [0.717, 1.165) is 37.6 Å². The van der Waals surface area contributed by atoms with Crippen LogP contribution < -0.4 is 14.8 Å². The quantitative estimate of drug-likeness (QED) is 0.669. The zero-order valence-corrected chi connectivity index (χ0v) is 13.1. The predicted octanol–water partition coefficient (Wildman–Crippen LogP) is 2.73. The molecule has 20 heavy (non-hydrogen) atoms. The maximum atomic E-state index is 5.76. The highest BCUT2D eigenvalue weighted by molar-refractivity contribution is 5.31. The number of rotatable bonds is 10. The van der Waals surface area contributed by atoms with Gasteiger partial charge in [-0.05, 0) is 36.1 Å². The minimum Gasteiger partial charge on any atom is -0.497 e. The normalized spacial score (nSPS) is 11.4. The van der Waals surface area contributed by atoms with Crippen LogP contribution in [0.25, 0.3) is 0 Å². The van der Waals surface area contributed by atoms with Crippen molar-refractivity contribution in [1.82, 2.24) is 5.32 Å². The maximum Gasteiger partial charge on any atom is 0.119 e. The largest absolute Gasteiger partial charge is 0.497 e. The molecular formula is C16H27NO3. The van der Waals surface area contributed by atoms with E-state index < -0.39 is 0 Å². The third kappa shape index (κ3) is 6.78. The molecule has 0 aliphatic carbocycles. The van der Waals surface area contributed by atoms with Gasteiger partial charge in [0.05, 0.1) is 20.3 Å². The van der Waals surface area contributed by atoms with E-state index in [-0.39, 0.29) is 5.41 Å². The molecule has 0 amide bonds. The van der Waals surface area contributed by atoms with Gasteiger partial charge in [-0.1, -0.05) is 13.8 Å². The van der Waals surface area contributed by atoms with E-state index in [1.165, 1.54) is 0 Å². The van der Waals surface area contributed by atoms with Crippen LogP contribution in [0.1, 0.15) is 20.3 Å². The summed E-state index contributed by atoms with van der Waals surface area (Å²) in [7, 11) is 3.38. The van der Waals surface area contributed by atoms with E-state index in [0.29, 0.717) is 6.61 Å². The van der Waals surface area contributed by atoms with Crippen molar-refractivity contribution in [2.75, 3.05) is 40.5 Å². The molecule has 4 heteroatoms. The van der Waals surface area contributed by atoms with Crippen LogP contribution in [-0.4, -0.2) is 40.5 Å². The summed E-state index contributed by atoms with van der Waals surface area (Å²) in [5.41, 5.74) is 0.209. The average Bonchev–Trinajstić information content (AvgIpc) is 2.44. The molecule has 0 aliphatic rings. The molecule has 0 unspecified atom stereocenters. The Kier molecular flexibility index (Phi) is 7.41. The van der Waals surface area contributed by atoms with E-state index >= 15 is 0 Å². The maximum absolute atomic E-state index is 5.76. The first kappa shape index (κ1) is 16.8. The van der Waals surface area contributed by atoms with Crippen LogP contribution in [0.3, 0.4) is 0 Å². The van der Waals surface area contributed by atoms with E-state index in [1.54, 1.807) is 14.2 Å². The lowest BCUT2D eigenvalue weighted by atomic mass is 9.90. The van der Waals surface area contributed by atoms with E-state index in [4.69, 9.17) is 14.2 Å². The molecule has 1 N–H and O–H groups in total. The average molecular weight is 281 g/mol. The second-order valence-corrected chi connectivity index (χ2v) is 5.61. The number of ether oxygens (including phenoxy) is 3. The van der Waals surface area contributed by atoms with Crippen LogP contribution in [-0.2, 0) is 4.74 Å². The fraction of sp³-hybridized carbons (Fsp3) is 0.625. The number of methoxy groups -OCH3 is 2. The zero-order chi connectivity index (χ0) is 14.8. The van der Waals surface area contributed by atoms with Gasteiger partial charge in [0.1, 0.15) is 11.5 Å². The highest BCUT2D eigenvalue weighted by Gasteiger charge is 2.17. The molecule has 0 aromatic heterocycles. The fourth-order valence-corrected chi connectivity index (χ4v) is 1.81. The first-order valence-corrected chi connectivity index (χ1v) is 7.04. The van der Waals surface area contributed by atoms with Gasteiger partial charge in [-0.25, -0.2) is 0 Å². The van der Waals surface area contributed by atoms with Gasteiger partial charge in [0.15, 0.2) is 0 Å². The molecule has 0 atom stereocenters.